The molecule has 30 heavy (non-hydrogen) atoms. The summed E-state index contributed by atoms with van der Waals surface area (Å²) in [5, 5.41) is 6.76. The Morgan fingerprint density at radius 2 is 1.97 bits per heavy atom. The lowest BCUT2D eigenvalue weighted by atomic mass is 10.2. The van der Waals surface area contributed by atoms with E-state index in [0.717, 1.165) is 42.8 Å². The molecule has 1 amide bonds. The zero-order valence-corrected chi connectivity index (χ0v) is 18.3. The maximum absolute atomic E-state index is 12.2. The maximum Gasteiger partial charge on any atom is 0.262 e. The highest BCUT2D eigenvalue weighted by Crippen LogP contribution is 2.33. The summed E-state index contributed by atoms with van der Waals surface area (Å²) in [4.78, 5) is 12.2. The average Bonchev–Trinajstić information content (AvgIpc) is 3.24. The van der Waals surface area contributed by atoms with Crippen molar-refractivity contribution in [3.63, 3.8) is 0 Å². The molecule has 0 radical (unpaired) electrons. The molecule has 1 unspecified atom stereocenters. The van der Waals surface area contributed by atoms with Crippen molar-refractivity contribution in [3.05, 3.63) is 52.5 Å². The highest BCUT2D eigenvalue weighted by atomic mass is 35.5. The van der Waals surface area contributed by atoms with Crippen LogP contribution in [0.2, 0.25) is 5.02 Å². The van der Waals surface area contributed by atoms with Crippen molar-refractivity contribution in [3.8, 4) is 11.5 Å². The smallest absolute Gasteiger partial charge is 0.262 e. The van der Waals surface area contributed by atoms with Crippen LogP contribution in [0.4, 0.5) is 5.69 Å². The molecule has 1 aliphatic rings. The lowest BCUT2D eigenvalue weighted by Gasteiger charge is -2.16. The Morgan fingerprint density at radius 1 is 1.20 bits per heavy atom. The molecular formula is C23H29ClN2O4. The number of hydrogen-bond donors (Lipinski definition) is 2. The van der Waals surface area contributed by atoms with E-state index in [2.05, 4.69) is 10.6 Å². The summed E-state index contributed by atoms with van der Waals surface area (Å²) >= 11 is 6.45. The monoisotopic (exact) mass is 432 g/mol. The molecule has 7 heteroatoms. The first-order valence-electron chi connectivity index (χ1n) is 10.3. The first-order valence-corrected chi connectivity index (χ1v) is 10.7. The van der Waals surface area contributed by atoms with Gasteiger partial charge in [-0.3, -0.25) is 4.79 Å². The summed E-state index contributed by atoms with van der Waals surface area (Å²) < 4.78 is 17.0. The molecule has 2 aromatic carbocycles. The van der Waals surface area contributed by atoms with Gasteiger partial charge in [0, 0.05) is 36.5 Å². The van der Waals surface area contributed by atoms with Crippen LogP contribution in [0.15, 0.2) is 36.4 Å². The van der Waals surface area contributed by atoms with Crippen molar-refractivity contribution in [1.29, 1.82) is 0 Å². The number of aryl methyl sites for hydroxylation is 1. The van der Waals surface area contributed by atoms with Gasteiger partial charge in [-0.25, -0.2) is 0 Å². The number of hydrogen-bond acceptors (Lipinski definition) is 5. The molecular weight excluding hydrogens is 404 g/mol. The zero-order valence-electron chi connectivity index (χ0n) is 17.5. The number of benzene rings is 2. The molecule has 6 nitrogen and oxygen atoms in total. The third-order valence-electron chi connectivity index (χ3n) is 4.82. The fourth-order valence-electron chi connectivity index (χ4n) is 3.24. The van der Waals surface area contributed by atoms with Gasteiger partial charge < -0.3 is 24.8 Å². The summed E-state index contributed by atoms with van der Waals surface area (Å²) in [5.74, 6) is 0.766. The highest BCUT2D eigenvalue weighted by molar-refractivity contribution is 6.31. The largest absolute Gasteiger partial charge is 0.490 e. The fraction of sp³-hybridized carbons (Fsp3) is 0.435. The van der Waals surface area contributed by atoms with Crippen molar-refractivity contribution in [2.75, 3.05) is 31.7 Å². The van der Waals surface area contributed by atoms with Gasteiger partial charge in [0.2, 0.25) is 0 Å². The molecule has 1 atom stereocenters. The molecule has 0 spiro atoms. The van der Waals surface area contributed by atoms with E-state index in [4.69, 9.17) is 25.8 Å². The number of nitrogens with one attached hydrogen (secondary N) is 2. The zero-order chi connectivity index (χ0) is 21.3. The Kier molecular flexibility index (Phi) is 8.37. The summed E-state index contributed by atoms with van der Waals surface area (Å²) in [7, 11) is 0. The molecule has 2 aromatic rings. The number of carbonyl (C=O) groups excluding carboxylic acids is 1. The highest BCUT2D eigenvalue weighted by Gasteiger charge is 2.16. The second-order valence-corrected chi connectivity index (χ2v) is 7.70. The lowest BCUT2D eigenvalue weighted by molar-refractivity contribution is -0.118. The molecule has 0 aliphatic carbocycles. The Bertz CT molecular complexity index is 836. The van der Waals surface area contributed by atoms with Crippen LogP contribution in [0, 0.1) is 6.92 Å². The molecule has 1 aliphatic heterocycles. The van der Waals surface area contributed by atoms with Gasteiger partial charge in [-0.2, -0.15) is 0 Å². The molecule has 0 aromatic heterocycles. The Morgan fingerprint density at radius 3 is 2.67 bits per heavy atom. The second kappa shape index (κ2) is 11.2. The normalized spacial score (nSPS) is 15.8. The third-order valence-corrected chi connectivity index (χ3v) is 5.17. The van der Waals surface area contributed by atoms with Crippen LogP contribution in [0.25, 0.3) is 0 Å². The molecule has 2 N–H and O–H groups in total. The van der Waals surface area contributed by atoms with Gasteiger partial charge in [0.05, 0.1) is 12.7 Å². The third kappa shape index (κ3) is 6.62. The van der Waals surface area contributed by atoms with E-state index in [0.29, 0.717) is 29.7 Å². The minimum absolute atomic E-state index is 0.138. The summed E-state index contributed by atoms with van der Waals surface area (Å²) in [6, 6.07) is 11.2. The predicted molar refractivity (Wildman–Crippen MR) is 119 cm³/mol. The van der Waals surface area contributed by atoms with Crippen LogP contribution < -0.4 is 20.1 Å². The quantitative estimate of drug-likeness (QED) is 0.584. The number of amides is 1. The summed E-state index contributed by atoms with van der Waals surface area (Å²) in [5.41, 5.74) is 2.77. The van der Waals surface area contributed by atoms with E-state index >= 15 is 0 Å². The van der Waals surface area contributed by atoms with Crippen molar-refractivity contribution in [1.82, 2.24) is 5.32 Å². The van der Waals surface area contributed by atoms with Crippen molar-refractivity contribution in [2.45, 2.75) is 39.3 Å². The van der Waals surface area contributed by atoms with E-state index in [-0.39, 0.29) is 18.6 Å². The van der Waals surface area contributed by atoms with Gasteiger partial charge in [-0.1, -0.05) is 29.3 Å². The first kappa shape index (κ1) is 22.4. The van der Waals surface area contributed by atoms with Crippen LogP contribution in [0.5, 0.6) is 11.5 Å². The van der Waals surface area contributed by atoms with Gasteiger partial charge in [-0.05, 0) is 50.5 Å². The average molecular weight is 433 g/mol. The Hall–Kier alpha value is -2.28. The Labute approximate surface area is 182 Å². The second-order valence-electron chi connectivity index (χ2n) is 7.29. The van der Waals surface area contributed by atoms with Gasteiger partial charge >= 0.3 is 0 Å². The van der Waals surface area contributed by atoms with Crippen LogP contribution in [0.3, 0.4) is 0 Å². The predicted octanol–water partition coefficient (Wildman–Crippen LogP) is 4.33. The SMILES string of the molecule is CCOc1cc(CNCC2CCCO2)c(Cl)cc1OCC(=O)Nc1ccc(C)cc1. The van der Waals surface area contributed by atoms with Crippen LogP contribution in [0.1, 0.15) is 30.9 Å². The standard InChI is InChI=1S/C23H29ClN2O4/c1-3-28-21-11-17(13-25-14-19-5-4-10-29-19)20(24)12-22(21)30-15-23(27)26-18-8-6-16(2)7-9-18/h6-9,11-12,19,25H,3-5,10,13-15H2,1-2H3,(H,26,27). The Balaban J connectivity index is 1.58. The topological polar surface area (TPSA) is 68.8 Å². The lowest BCUT2D eigenvalue weighted by Crippen LogP contribution is -2.26. The number of ether oxygens (including phenoxy) is 3. The molecule has 0 saturated carbocycles. The first-order chi connectivity index (χ1) is 14.5. The minimum atomic E-state index is -0.250. The van der Waals surface area contributed by atoms with E-state index < -0.39 is 0 Å². The van der Waals surface area contributed by atoms with Gasteiger partial charge in [0.15, 0.2) is 18.1 Å². The molecule has 1 heterocycles. The van der Waals surface area contributed by atoms with Gasteiger partial charge in [0.1, 0.15) is 0 Å². The molecule has 1 fully saturated rings. The maximum atomic E-state index is 12.2. The van der Waals surface area contributed by atoms with Gasteiger partial charge in [-0.15, -0.1) is 0 Å². The van der Waals surface area contributed by atoms with Crippen molar-refractivity contribution in [2.24, 2.45) is 0 Å². The van der Waals surface area contributed by atoms with Crippen LogP contribution in [-0.2, 0) is 16.1 Å². The number of anilines is 1. The molecule has 1 saturated heterocycles. The van der Waals surface area contributed by atoms with E-state index in [1.165, 1.54) is 0 Å². The van der Waals surface area contributed by atoms with Crippen LogP contribution in [-0.4, -0.2) is 38.4 Å². The molecule has 0 bridgehead atoms. The minimum Gasteiger partial charge on any atom is -0.490 e. The number of halogens is 1. The summed E-state index contributed by atoms with van der Waals surface area (Å²) in [6.07, 6.45) is 2.47. The molecule has 3 rings (SSSR count). The van der Waals surface area contributed by atoms with E-state index in [1.807, 2.05) is 44.2 Å². The van der Waals surface area contributed by atoms with Crippen molar-refractivity contribution < 1.29 is 19.0 Å². The number of carbonyl (C=O) groups is 1. The van der Waals surface area contributed by atoms with Gasteiger partial charge in [0.25, 0.3) is 5.91 Å². The summed E-state index contributed by atoms with van der Waals surface area (Å²) in [6.45, 7) is 6.47. The van der Waals surface area contributed by atoms with E-state index in [1.54, 1.807) is 6.07 Å². The van der Waals surface area contributed by atoms with E-state index in [9.17, 15) is 4.79 Å². The number of rotatable bonds is 10. The molecule has 162 valence electrons. The van der Waals surface area contributed by atoms with Crippen molar-refractivity contribution >= 4 is 23.2 Å². The van der Waals surface area contributed by atoms with Crippen LogP contribution >= 0.6 is 11.6 Å². The fourth-order valence-corrected chi connectivity index (χ4v) is 3.46.